The number of nitrogens with two attached hydrogens (primary N) is 1. The van der Waals surface area contributed by atoms with Gasteiger partial charge in [0.1, 0.15) is 0 Å². The van der Waals surface area contributed by atoms with Crippen molar-refractivity contribution < 1.29 is 15.5 Å². The molecule has 0 saturated heterocycles. The maximum Gasteiger partial charge on any atom is 0.247 e. The molecule has 0 aliphatic heterocycles. The summed E-state index contributed by atoms with van der Waals surface area (Å²) in [5.41, 5.74) is 7.42. The summed E-state index contributed by atoms with van der Waals surface area (Å²) >= 11 is 0. The fourth-order valence-corrected chi connectivity index (χ4v) is 1.86. The molecule has 5 heteroatoms. The highest BCUT2D eigenvalue weighted by Crippen LogP contribution is 2.37. The van der Waals surface area contributed by atoms with Gasteiger partial charge in [0.05, 0.1) is 0 Å². The number of benzene rings is 2. The molecule has 0 heterocycles. The monoisotopic (exact) mass is 261 g/mol. The number of phenolic OH excluding ortho intramolecular Hbond substituents is 1. The fraction of sp³-hybridized carbons (Fsp3) is 0.143. The minimum absolute atomic E-state index is 0.000462. The molecule has 5 N–H and O–H groups in total. The highest BCUT2D eigenvalue weighted by Gasteiger charge is 2.33. The summed E-state index contributed by atoms with van der Waals surface area (Å²) in [4.78, 5) is -1.50. The zero-order valence-electron chi connectivity index (χ0n) is 10.6. The first-order chi connectivity index (χ1) is 8.95. The lowest BCUT2D eigenvalue weighted by molar-refractivity contribution is -0.245. The Balaban J connectivity index is 2.48. The van der Waals surface area contributed by atoms with Gasteiger partial charge in [0.15, 0.2) is 5.75 Å². The van der Waals surface area contributed by atoms with Crippen LogP contribution in [0.1, 0.15) is 11.1 Å². The molecule has 0 fully saturated rings. The van der Waals surface area contributed by atoms with E-state index in [0.717, 1.165) is 11.1 Å². The van der Waals surface area contributed by atoms with E-state index in [1.165, 1.54) is 12.1 Å². The largest absolute Gasteiger partial charge is 0.503 e. The normalized spacial score (nSPS) is 11.6. The van der Waals surface area contributed by atoms with Crippen LogP contribution in [0, 0.1) is 6.92 Å². The second-order valence-corrected chi connectivity index (χ2v) is 4.46. The van der Waals surface area contributed by atoms with Crippen LogP contribution >= 0.6 is 0 Å². The summed E-state index contributed by atoms with van der Waals surface area (Å²) in [5, 5.41) is 30.2. The molecule has 0 unspecified atom stereocenters. The Kier molecular flexibility index (Phi) is 3.55. The number of quaternary nitrogens is 1. The maximum absolute atomic E-state index is 10.2. The molecule has 2 aromatic rings. The zero-order valence-corrected chi connectivity index (χ0v) is 10.6. The van der Waals surface area contributed by atoms with Crippen molar-refractivity contribution in [1.29, 1.82) is 0 Å². The van der Waals surface area contributed by atoms with Crippen molar-refractivity contribution >= 4 is 11.4 Å². The lowest BCUT2D eigenvalue weighted by Crippen LogP contribution is -2.36. The Labute approximate surface area is 111 Å². The third-order valence-electron chi connectivity index (χ3n) is 3.00. The molecule has 0 aliphatic rings. The summed E-state index contributed by atoms with van der Waals surface area (Å²) in [6, 6.07) is 11.2. The molecule has 0 bridgehead atoms. The molecule has 2 aromatic carbocycles. The van der Waals surface area contributed by atoms with Gasteiger partial charge >= 0.3 is 0 Å². The number of hydrogen-bond acceptors (Lipinski definition) is 4. The number of aromatic hydroxyl groups is 1. The number of nitrogens with zero attached hydrogens (tertiary/aromatic N) is 1. The van der Waals surface area contributed by atoms with Crippen LogP contribution in [0.5, 0.6) is 5.75 Å². The molecule has 0 amide bonds. The van der Waals surface area contributed by atoms with Crippen molar-refractivity contribution in [3.8, 4) is 5.75 Å². The van der Waals surface area contributed by atoms with E-state index in [1.807, 2.05) is 0 Å². The molecule has 5 nitrogen and oxygen atoms in total. The van der Waals surface area contributed by atoms with Gasteiger partial charge in [-0.05, 0) is 24.1 Å². The van der Waals surface area contributed by atoms with Gasteiger partial charge in [-0.15, -0.1) is 0 Å². The van der Waals surface area contributed by atoms with Gasteiger partial charge in [0, 0.05) is 29.6 Å². The minimum atomic E-state index is -1.50. The summed E-state index contributed by atoms with van der Waals surface area (Å²) in [6.45, 7) is 2.19. The van der Waals surface area contributed by atoms with Gasteiger partial charge in [-0.3, -0.25) is 0 Å². The van der Waals surface area contributed by atoms with Crippen LogP contribution in [0.25, 0.3) is 0 Å². The smallest absolute Gasteiger partial charge is 0.247 e. The first-order valence-electron chi connectivity index (χ1n) is 5.89. The molecule has 0 aromatic heterocycles. The van der Waals surface area contributed by atoms with E-state index >= 15 is 0 Å². The summed E-state index contributed by atoms with van der Waals surface area (Å²) < 4.78 is 0. The predicted molar refractivity (Wildman–Crippen MR) is 72.2 cm³/mol. The van der Waals surface area contributed by atoms with Crippen molar-refractivity contribution in [2.24, 2.45) is 5.73 Å². The van der Waals surface area contributed by atoms with Gasteiger partial charge in [0.25, 0.3) is 0 Å². The van der Waals surface area contributed by atoms with Crippen molar-refractivity contribution in [3.05, 3.63) is 53.6 Å². The number of rotatable bonds is 3. The fourth-order valence-electron chi connectivity index (χ4n) is 1.86. The van der Waals surface area contributed by atoms with Gasteiger partial charge in [-0.25, -0.2) is 0 Å². The van der Waals surface area contributed by atoms with Gasteiger partial charge in [-0.1, -0.05) is 18.2 Å². The third kappa shape index (κ3) is 2.59. The summed E-state index contributed by atoms with van der Waals surface area (Å²) in [7, 11) is 0. The molecule has 100 valence electrons. The van der Waals surface area contributed by atoms with Crippen molar-refractivity contribution in [3.63, 3.8) is 0 Å². The van der Waals surface area contributed by atoms with E-state index < -0.39 is 4.81 Å². The lowest BCUT2D eigenvalue weighted by atomic mass is 10.1. The molecule has 19 heavy (non-hydrogen) atoms. The second kappa shape index (κ2) is 4.99. The average molecular weight is 261 g/mol. The van der Waals surface area contributed by atoms with Crippen LogP contribution in [0.4, 0.5) is 11.4 Å². The first kappa shape index (κ1) is 13.5. The Bertz CT molecular complexity index is 580. The predicted octanol–water partition coefficient (Wildman–Crippen LogP) is 2.58. The summed E-state index contributed by atoms with van der Waals surface area (Å²) in [5.74, 6) is -0.182. The molecule has 0 spiro atoms. The van der Waals surface area contributed by atoms with Crippen LogP contribution in [-0.2, 0) is 6.54 Å². The first-order valence-corrected chi connectivity index (χ1v) is 5.89. The van der Waals surface area contributed by atoms with Crippen LogP contribution in [0.3, 0.4) is 0 Å². The standard InChI is InChI=1S/C14H16N2O3/c1-10-2-7-14(17)13(8-10)16(18,19)12-5-3-11(9-15)4-6-12/h2-8,18-19H,9,15H2,1H3/p+1. The maximum atomic E-state index is 10.2. The van der Waals surface area contributed by atoms with Crippen molar-refractivity contribution in [2.45, 2.75) is 13.5 Å². The highest BCUT2D eigenvalue weighted by atomic mass is 16.8. The third-order valence-corrected chi connectivity index (χ3v) is 3.00. The van der Waals surface area contributed by atoms with E-state index in [1.54, 1.807) is 37.3 Å². The average Bonchev–Trinajstić information content (AvgIpc) is 2.41. The Morgan fingerprint density at radius 2 is 1.68 bits per heavy atom. The van der Waals surface area contributed by atoms with Crippen LogP contribution < -0.4 is 10.5 Å². The number of aryl methyl sites for hydroxylation is 1. The Hall–Kier alpha value is -1.92. The van der Waals surface area contributed by atoms with Crippen molar-refractivity contribution in [2.75, 3.05) is 0 Å². The topological polar surface area (TPSA) is 86.7 Å². The molecule has 0 radical (unpaired) electrons. The zero-order chi connectivity index (χ0) is 14.0. The molecule has 2 rings (SSSR count). The minimum Gasteiger partial charge on any atom is -0.503 e. The Morgan fingerprint density at radius 3 is 2.26 bits per heavy atom. The van der Waals surface area contributed by atoms with Gasteiger partial charge in [0.2, 0.25) is 11.4 Å². The molecular weight excluding hydrogens is 244 g/mol. The van der Waals surface area contributed by atoms with E-state index in [9.17, 15) is 15.5 Å². The van der Waals surface area contributed by atoms with E-state index in [-0.39, 0.29) is 17.1 Å². The molecule has 0 aliphatic carbocycles. The van der Waals surface area contributed by atoms with Crippen LogP contribution in [0.15, 0.2) is 42.5 Å². The van der Waals surface area contributed by atoms with Crippen molar-refractivity contribution in [1.82, 2.24) is 4.81 Å². The number of hydrogen-bond donors (Lipinski definition) is 4. The number of phenols is 1. The molecular formula is C14H17N2O3+. The highest BCUT2D eigenvalue weighted by molar-refractivity contribution is 5.61. The van der Waals surface area contributed by atoms with Gasteiger partial charge in [-0.2, -0.15) is 10.4 Å². The van der Waals surface area contributed by atoms with E-state index in [0.29, 0.717) is 6.54 Å². The van der Waals surface area contributed by atoms with Crippen LogP contribution in [-0.4, -0.2) is 15.5 Å². The molecule has 0 saturated carbocycles. The Morgan fingerprint density at radius 1 is 1.05 bits per heavy atom. The van der Waals surface area contributed by atoms with Gasteiger partial charge < -0.3 is 10.8 Å². The quantitative estimate of drug-likeness (QED) is 0.505. The second-order valence-electron chi connectivity index (χ2n) is 4.46. The lowest BCUT2D eigenvalue weighted by Gasteiger charge is -2.21. The van der Waals surface area contributed by atoms with E-state index in [4.69, 9.17) is 5.73 Å². The van der Waals surface area contributed by atoms with Crippen LogP contribution in [0.2, 0.25) is 0 Å². The summed E-state index contributed by atoms with van der Waals surface area (Å²) in [6.07, 6.45) is 0. The SMILES string of the molecule is Cc1ccc(O)c([N+](O)(O)c2ccc(CN)cc2)c1. The van der Waals surface area contributed by atoms with E-state index in [2.05, 4.69) is 0 Å². The molecule has 0 atom stereocenters.